The zero-order chi connectivity index (χ0) is 15.4. The van der Waals surface area contributed by atoms with Crippen molar-refractivity contribution in [1.82, 2.24) is 0 Å². The smallest absolute Gasteiger partial charge is 0.262 e. The predicted octanol–water partition coefficient (Wildman–Crippen LogP) is 4.36. The highest BCUT2D eigenvalue weighted by atomic mass is 79.9. The number of halogens is 3. The number of amides is 1. The first-order chi connectivity index (χ1) is 9.95. The van der Waals surface area contributed by atoms with Crippen molar-refractivity contribution in [2.75, 3.05) is 17.7 Å². The predicted molar refractivity (Wildman–Crippen MR) is 89.1 cm³/mol. The van der Waals surface area contributed by atoms with Crippen molar-refractivity contribution in [2.24, 2.45) is 0 Å². The number of nitrogens with one attached hydrogen (secondary N) is 1. The van der Waals surface area contributed by atoms with E-state index in [1.807, 2.05) is 0 Å². The normalized spacial score (nSPS) is 10.2. The number of nitrogens with two attached hydrogens (primary N) is 1. The van der Waals surface area contributed by atoms with Gasteiger partial charge in [0.15, 0.2) is 6.61 Å². The van der Waals surface area contributed by atoms with Crippen LogP contribution in [0.4, 0.5) is 11.4 Å². The molecule has 4 nitrogen and oxygen atoms in total. The van der Waals surface area contributed by atoms with E-state index < -0.39 is 0 Å². The Hall–Kier alpha value is -1.43. The highest BCUT2D eigenvalue weighted by molar-refractivity contribution is 9.10. The van der Waals surface area contributed by atoms with E-state index in [9.17, 15) is 4.79 Å². The van der Waals surface area contributed by atoms with Gasteiger partial charge in [-0.1, -0.05) is 23.2 Å². The average molecular weight is 390 g/mol. The molecule has 2 rings (SSSR count). The molecule has 2 aromatic carbocycles. The molecular formula is C14H11BrCl2N2O2. The molecule has 0 saturated carbocycles. The van der Waals surface area contributed by atoms with Gasteiger partial charge in [0.05, 0.1) is 15.7 Å². The highest BCUT2D eigenvalue weighted by Crippen LogP contribution is 2.27. The quantitative estimate of drug-likeness (QED) is 0.763. The van der Waals surface area contributed by atoms with Crippen LogP contribution in [0, 0.1) is 0 Å². The summed E-state index contributed by atoms with van der Waals surface area (Å²) in [5.74, 6) is 0.169. The third kappa shape index (κ3) is 4.52. The van der Waals surface area contributed by atoms with E-state index in [0.717, 1.165) is 0 Å². The topological polar surface area (TPSA) is 64.3 Å². The maximum atomic E-state index is 11.8. The van der Waals surface area contributed by atoms with Gasteiger partial charge in [-0.25, -0.2) is 0 Å². The van der Waals surface area contributed by atoms with Crippen LogP contribution in [0.3, 0.4) is 0 Å². The van der Waals surface area contributed by atoms with Crippen molar-refractivity contribution in [1.29, 1.82) is 0 Å². The van der Waals surface area contributed by atoms with Gasteiger partial charge in [0.1, 0.15) is 5.75 Å². The van der Waals surface area contributed by atoms with Gasteiger partial charge >= 0.3 is 0 Å². The number of carbonyl (C=O) groups is 1. The Kier molecular flexibility index (Phi) is 5.33. The molecule has 0 aliphatic carbocycles. The van der Waals surface area contributed by atoms with E-state index in [1.54, 1.807) is 36.4 Å². The molecule has 0 bridgehead atoms. The second-order valence-corrected chi connectivity index (χ2v) is 5.82. The second-order valence-electron chi connectivity index (χ2n) is 4.15. The second kappa shape index (κ2) is 7.02. The number of anilines is 2. The van der Waals surface area contributed by atoms with Crippen molar-refractivity contribution >= 4 is 56.4 Å². The molecule has 0 aliphatic rings. The Labute approximate surface area is 140 Å². The molecule has 0 fully saturated rings. The molecule has 1 amide bonds. The number of ether oxygens (including phenoxy) is 1. The molecule has 7 heteroatoms. The molecule has 110 valence electrons. The Morgan fingerprint density at radius 1 is 1.19 bits per heavy atom. The monoisotopic (exact) mass is 388 g/mol. The van der Waals surface area contributed by atoms with Crippen molar-refractivity contribution < 1.29 is 9.53 Å². The van der Waals surface area contributed by atoms with Crippen LogP contribution in [0.2, 0.25) is 10.0 Å². The standard InChI is InChI=1S/C14H11BrCl2N2O2/c15-10-5-8(18)1-4-13(10)19-14(20)7-21-9-2-3-11(16)12(17)6-9/h1-6H,7,18H2,(H,19,20). The zero-order valence-corrected chi connectivity index (χ0v) is 13.8. The first-order valence-corrected chi connectivity index (χ1v) is 7.43. The van der Waals surface area contributed by atoms with E-state index in [0.29, 0.717) is 31.6 Å². The molecule has 0 spiro atoms. The van der Waals surface area contributed by atoms with E-state index in [4.69, 9.17) is 33.7 Å². The molecule has 0 unspecified atom stereocenters. The zero-order valence-electron chi connectivity index (χ0n) is 10.7. The summed E-state index contributed by atoms with van der Waals surface area (Å²) in [6, 6.07) is 9.90. The summed E-state index contributed by atoms with van der Waals surface area (Å²) in [5.41, 5.74) is 6.85. The molecule has 3 N–H and O–H groups in total. The van der Waals surface area contributed by atoms with Crippen LogP contribution in [-0.4, -0.2) is 12.5 Å². The summed E-state index contributed by atoms with van der Waals surface area (Å²) in [7, 11) is 0. The summed E-state index contributed by atoms with van der Waals surface area (Å²) in [4.78, 5) is 11.8. The van der Waals surface area contributed by atoms with Gasteiger partial charge in [-0.3, -0.25) is 4.79 Å². The molecule has 0 heterocycles. The summed E-state index contributed by atoms with van der Waals surface area (Å²) in [5, 5.41) is 3.51. The van der Waals surface area contributed by atoms with Crippen LogP contribution in [0.25, 0.3) is 0 Å². The third-order valence-electron chi connectivity index (χ3n) is 2.53. The van der Waals surface area contributed by atoms with Crippen molar-refractivity contribution in [2.45, 2.75) is 0 Å². The van der Waals surface area contributed by atoms with Gasteiger partial charge in [0.2, 0.25) is 0 Å². The van der Waals surface area contributed by atoms with Crippen molar-refractivity contribution in [3.63, 3.8) is 0 Å². The Bertz CT molecular complexity index is 680. The molecular weight excluding hydrogens is 379 g/mol. The van der Waals surface area contributed by atoms with E-state index in [1.165, 1.54) is 0 Å². The van der Waals surface area contributed by atoms with Gasteiger partial charge < -0.3 is 15.8 Å². The first kappa shape index (κ1) is 15.9. The number of benzene rings is 2. The van der Waals surface area contributed by atoms with Crippen LogP contribution >= 0.6 is 39.1 Å². The van der Waals surface area contributed by atoms with Crippen LogP contribution < -0.4 is 15.8 Å². The molecule has 2 aromatic rings. The Morgan fingerprint density at radius 2 is 1.95 bits per heavy atom. The van der Waals surface area contributed by atoms with E-state index in [2.05, 4.69) is 21.2 Å². The minimum atomic E-state index is -0.299. The van der Waals surface area contributed by atoms with E-state index >= 15 is 0 Å². The lowest BCUT2D eigenvalue weighted by Gasteiger charge is -2.10. The first-order valence-electron chi connectivity index (χ1n) is 5.88. The van der Waals surface area contributed by atoms with Gasteiger partial charge in [-0.05, 0) is 46.3 Å². The Morgan fingerprint density at radius 3 is 2.62 bits per heavy atom. The van der Waals surface area contributed by atoms with Gasteiger partial charge in [0, 0.05) is 16.2 Å². The largest absolute Gasteiger partial charge is 0.484 e. The fourth-order valence-electron chi connectivity index (χ4n) is 1.53. The lowest BCUT2D eigenvalue weighted by molar-refractivity contribution is -0.118. The number of nitrogen functional groups attached to an aromatic ring is 1. The lowest BCUT2D eigenvalue weighted by atomic mass is 10.3. The van der Waals surface area contributed by atoms with Crippen LogP contribution in [-0.2, 0) is 4.79 Å². The molecule has 0 aromatic heterocycles. The number of hydrogen-bond donors (Lipinski definition) is 2. The van der Waals surface area contributed by atoms with Gasteiger partial charge in [0.25, 0.3) is 5.91 Å². The average Bonchev–Trinajstić information content (AvgIpc) is 2.43. The van der Waals surface area contributed by atoms with Crippen LogP contribution in [0.5, 0.6) is 5.75 Å². The molecule has 0 radical (unpaired) electrons. The lowest BCUT2D eigenvalue weighted by Crippen LogP contribution is -2.20. The summed E-state index contributed by atoms with van der Waals surface area (Å²) < 4.78 is 6.04. The maximum absolute atomic E-state index is 11.8. The Balaban J connectivity index is 1.94. The highest BCUT2D eigenvalue weighted by Gasteiger charge is 2.07. The minimum absolute atomic E-state index is 0.144. The fourth-order valence-corrected chi connectivity index (χ4v) is 2.32. The SMILES string of the molecule is Nc1ccc(NC(=O)COc2ccc(Cl)c(Cl)c2)c(Br)c1. The summed E-state index contributed by atoms with van der Waals surface area (Å²) in [6.45, 7) is -0.144. The number of carbonyl (C=O) groups excluding carboxylic acids is 1. The van der Waals surface area contributed by atoms with Crippen molar-refractivity contribution in [3.05, 3.63) is 50.9 Å². The molecule has 21 heavy (non-hydrogen) atoms. The molecule has 0 aliphatic heterocycles. The molecule has 0 saturated heterocycles. The summed E-state index contributed by atoms with van der Waals surface area (Å²) in [6.07, 6.45) is 0. The number of hydrogen-bond acceptors (Lipinski definition) is 3. The van der Waals surface area contributed by atoms with Gasteiger partial charge in [-0.15, -0.1) is 0 Å². The van der Waals surface area contributed by atoms with Gasteiger partial charge in [-0.2, -0.15) is 0 Å². The maximum Gasteiger partial charge on any atom is 0.262 e. The molecule has 0 atom stereocenters. The number of rotatable bonds is 4. The van der Waals surface area contributed by atoms with Crippen LogP contribution in [0.1, 0.15) is 0 Å². The van der Waals surface area contributed by atoms with Crippen molar-refractivity contribution in [3.8, 4) is 5.75 Å². The fraction of sp³-hybridized carbons (Fsp3) is 0.0714. The van der Waals surface area contributed by atoms with E-state index in [-0.39, 0.29) is 12.5 Å². The van der Waals surface area contributed by atoms with Crippen LogP contribution in [0.15, 0.2) is 40.9 Å². The third-order valence-corrected chi connectivity index (χ3v) is 3.92. The minimum Gasteiger partial charge on any atom is -0.484 e. The summed E-state index contributed by atoms with van der Waals surface area (Å²) >= 11 is 15.0.